The van der Waals surface area contributed by atoms with Gasteiger partial charge in [0, 0.05) is 23.1 Å². The first-order valence-electron chi connectivity index (χ1n) is 7.72. The molecule has 0 aliphatic heterocycles. The Kier molecular flexibility index (Phi) is 5.05. The van der Waals surface area contributed by atoms with Gasteiger partial charge in [0.25, 0.3) is 0 Å². The standard InChI is InChI=1S/C18H16Cl2O5S/c1-25-10-18(17(21)22)15(11-2-4-12(19)5-3-11)16(18)26(23,24)14-8-6-13(20)7-9-14/h2-9,15-16H,10H2,1H3,(H,21,22)/t15-,16+,18-/m0/s1. The zero-order valence-electron chi connectivity index (χ0n) is 13.7. The van der Waals surface area contributed by atoms with Gasteiger partial charge in [-0.2, -0.15) is 0 Å². The van der Waals surface area contributed by atoms with Gasteiger partial charge in [0.05, 0.1) is 16.8 Å². The molecule has 1 aliphatic rings. The van der Waals surface area contributed by atoms with E-state index < -0.39 is 32.4 Å². The van der Waals surface area contributed by atoms with Crippen LogP contribution in [0.5, 0.6) is 0 Å². The van der Waals surface area contributed by atoms with Crippen molar-refractivity contribution < 1.29 is 23.1 Å². The number of aliphatic carboxylic acids is 1. The largest absolute Gasteiger partial charge is 0.481 e. The maximum atomic E-state index is 13.2. The predicted molar refractivity (Wildman–Crippen MR) is 98.6 cm³/mol. The van der Waals surface area contributed by atoms with Crippen LogP contribution in [0.2, 0.25) is 10.0 Å². The number of halogens is 2. The molecule has 2 aromatic carbocycles. The van der Waals surface area contributed by atoms with Crippen molar-refractivity contribution in [1.82, 2.24) is 0 Å². The average Bonchev–Trinajstić information content (AvgIpc) is 3.27. The Morgan fingerprint density at radius 1 is 1.08 bits per heavy atom. The summed E-state index contributed by atoms with van der Waals surface area (Å²) in [5.41, 5.74) is -0.961. The first kappa shape index (κ1) is 19.2. The number of carbonyl (C=O) groups is 1. The van der Waals surface area contributed by atoms with Gasteiger partial charge in [-0.15, -0.1) is 0 Å². The van der Waals surface area contributed by atoms with Gasteiger partial charge in [-0.25, -0.2) is 8.42 Å². The molecule has 0 spiro atoms. The highest BCUT2D eigenvalue weighted by Gasteiger charge is 2.76. The molecule has 0 aromatic heterocycles. The van der Waals surface area contributed by atoms with Crippen LogP contribution in [0.3, 0.4) is 0 Å². The highest BCUT2D eigenvalue weighted by Crippen LogP contribution is 2.64. The number of hydrogen-bond acceptors (Lipinski definition) is 4. The summed E-state index contributed by atoms with van der Waals surface area (Å²) in [5.74, 6) is -1.94. The lowest BCUT2D eigenvalue weighted by Crippen LogP contribution is -2.28. The van der Waals surface area contributed by atoms with Gasteiger partial charge < -0.3 is 9.84 Å². The molecular formula is C18H16Cl2O5S. The van der Waals surface area contributed by atoms with Crippen LogP contribution in [0.1, 0.15) is 11.5 Å². The maximum absolute atomic E-state index is 13.2. The Morgan fingerprint density at radius 2 is 1.58 bits per heavy atom. The fourth-order valence-corrected chi connectivity index (χ4v) is 6.11. The summed E-state index contributed by atoms with van der Waals surface area (Å²) in [7, 11) is -2.56. The third kappa shape index (κ3) is 3.01. The first-order valence-corrected chi connectivity index (χ1v) is 10.0. The molecular weight excluding hydrogens is 399 g/mol. The lowest BCUT2D eigenvalue weighted by atomic mass is 10.0. The Bertz CT molecular complexity index is 925. The van der Waals surface area contributed by atoms with E-state index in [1.807, 2.05) is 0 Å². The lowest BCUT2D eigenvalue weighted by molar-refractivity contribution is -0.145. The molecule has 0 heterocycles. The molecule has 138 valence electrons. The third-order valence-corrected chi connectivity index (χ3v) is 7.54. The molecule has 2 aromatic rings. The SMILES string of the molecule is COC[C@@]1(C(=O)O)[C@H](S(=O)(=O)c2ccc(Cl)cc2)[C@@H]1c1ccc(Cl)cc1. The second-order valence-electron chi connectivity index (χ2n) is 6.23. The molecule has 3 rings (SSSR count). The zero-order valence-corrected chi connectivity index (χ0v) is 16.1. The highest BCUT2D eigenvalue weighted by atomic mass is 35.5. The number of hydrogen-bond donors (Lipinski definition) is 1. The van der Waals surface area contributed by atoms with Crippen molar-refractivity contribution in [3.63, 3.8) is 0 Å². The van der Waals surface area contributed by atoms with Crippen LogP contribution in [0.4, 0.5) is 0 Å². The zero-order chi connectivity index (χ0) is 19.1. The van der Waals surface area contributed by atoms with Crippen molar-refractivity contribution in [2.75, 3.05) is 13.7 Å². The van der Waals surface area contributed by atoms with Crippen LogP contribution in [0.15, 0.2) is 53.4 Å². The summed E-state index contributed by atoms with van der Waals surface area (Å²) in [5, 5.41) is 9.59. The number of rotatable bonds is 6. The Morgan fingerprint density at radius 3 is 2.04 bits per heavy atom. The van der Waals surface area contributed by atoms with E-state index in [1.54, 1.807) is 24.3 Å². The van der Waals surface area contributed by atoms with Crippen LogP contribution in [-0.4, -0.2) is 38.5 Å². The Hall–Kier alpha value is -1.60. The molecule has 1 fully saturated rings. The molecule has 3 atom stereocenters. The van der Waals surface area contributed by atoms with Gasteiger partial charge in [-0.05, 0) is 42.0 Å². The third-order valence-electron chi connectivity index (χ3n) is 4.74. The van der Waals surface area contributed by atoms with Gasteiger partial charge in [0.1, 0.15) is 5.41 Å². The maximum Gasteiger partial charge on any atom is 0.314 e. The van der Waals surface area contributed by atoms with E-state index in [9.17, 15) is 18.3 Å². The molecule has 5 nitrogen and oxygen atoms in total. The number of ether oxygens (including phenoxy) is 1. The van der Waals surface area contributed by atoms with Crippen LogP contribution in [-0.2, 0) is 19.4 Å². The van der Waals surface area contributed by atoms with E-state index in [1.165, 1.54) is 31.4 Å². The van der Waals surface area contributed by atoms with Crippen LogP contribution in [0.25, 0.3) is 0 Å². The monoisotopic (exact) mass is 414 g/mol. The Balaban J connectivity index is 2.11. The van der Waals surface area contributed by atoms with Crippen molar-refractivity contribution in [3.8, 4) is 0 Å². The van der Waals surface area contributed by atoms with Crippen LogP contribution < -0.4 is 0 Å². The van der Waals surface area contributed by atoms with Gasteiger partial charge in [-0.1, -0.05) is 35.3 Å². The van der Waals surface area contributed by atoms with Crippen LogP contribution in [0, 0.1) is 5.41 Å². The fourth-order valence-electron chi connectivity index (χ4n) is 3.50. The summed E-state index contributed by atoms with van der Waals surface area (Å²) < 4.78 is 31.4. The summed E-state index contributed by atoms with van der Waals surface area (Å²) in [6.07, 6.45) is 0. The molecule has 0 radical (unpaired) electrons. The van der Waals surface area contributed by atoms with Gasteiger partial charge in [0.2, 0.25) is 0 Å². The van der Waals surface area contributed by atoms with E-state index in [0.29, 0.717) is 15.6 Å². The van der Waals surface area contributed by atoms with Crippen molar-refractivity contribution in [3.05, 3.63) is 64.1 Å². The molecule has 26 heavy (non-hydrogen) atoms. The van der Waals surface area contributed by atoms with Gasteiger partial charge in [-0.3, -0.25) is 4.79 Å². The second kappa shape index (κ2) is 6.85. The molecule has 8 heteroatoms. The van der Waals surface area contributed by atoms with Crippen molar-refractivity contribution in [2.45, 2.75) is 16.1 Å². The minimum atomic E-state index is -3.92. The molecule has 0 amide bonds. The number of sulfone groups is 1. The minimum Gasteiger partial charge on any atom is -0.481 e. The summed E-state index contributed by atoms with van der Waals surface area (Å²) in [6.45, 7) is -0.215. The molecule has 1 saturated carbocycles. The topological polar surface area (TPSA) is 80.7 Å². The quantitative estimate of drug-likeness (QED) is 0.779. The van der Waals surface area contributed by atoms with Crippen molar-refractivity contribution in [2.24, 2.45) is 5.41 Å². The molecule has 0 saturated heterocycles. The number of carboxylic acids is 1. The summed E-state index contributed by atoms with van der Waals surface area (Å²) in [6, 6.07) is 12.2. The minimum absolute atomic E-state index is 0.0325. The predicted octanol–water partition coefficient (Wildman–Crippen LogP) is 3.65. The van der Waals surface area contributed by atoms with E-state index in [0.717, 1.165) is 0 Å². The van der Waals surface area contributed by atoms with E-state index >= 15 is 0 Å². The molecule has 0 bridgehead atoms. The van der Waals surface area contributed by atoms with E-state index in [4.69, 9.17) is 27.9 Å². The fraction of sp³-hybridized carbons (Fsp3) is 0.278. The van der Waals surface area contributed by atoms with Crippen LogP contribution >= 0.6 is 23.2 Å². The van der Waals surface area contributed by atoms with Crippen molar-refractivity contribution >= 4 is 39.0 Å². The Labute approximate surface area is 161 Å². The van der Waals surface area contributed by atoms with Gasteiger partial charge in [0.15, 0.2) is 9.84 Å². The molecule has 0 unspecified atom stereocenters. The number of carboxylic acid groups (broad SMARTS) is 1. The van der Waals surface area contributed by atoms with E-state index in [2.05, 4.69) is 0 Å². The first-order chi connectivity index (χ1) is 12.2. The highest BCUT2D eigenvalue weighted by molar-refractivity contribution is 7.92. The summed E-state index contributed by atoms with van der Waals surface area (Å²) >= 11 is 11.7. The second-order valence-corrected chi connectivity index (χ2v) is 9.17. The normalized spacial score (nSPS) is 25.0. The smallest absolute Gasteiger partial charge is 0.314 e. The van der Waals surface area contributed by atoms with Crippen molar-refractivity contribution in [1.29, 1.82) is 0 Å². The van der Waals surface area contributed by atoms with Gasteiger partial charge >= 0.3 is 5.97 Å². The molecule has 1 aliphatic carbocycles. The van der Waals surface area contributed by atoms with E-state index in [-0.39, 0.29) is 11.5 Å². The average molecular weight is 415 g/mol. The summed E-state index contributed by atoms with van der Waals surface area (Å²) in [4.78, 5) is 12.1. The number of benzene rings is 2. The number of methoxy groups -OCH3 is 1. The molecule has 1 N–H and O–H groups in total. The lowest BCUT2D eigenvalue weighted by Gasteiger charge is -2.12.